The minimum atomic E-state index is -0.607. The number of anilines is 1. The standard InChI is InChI=1S/C18H28N4O3.2ClH/c1-13(2)17(19)18(24)20-11-16(23)21-15-5-3-4-14(10-15)12-22-6-8-25-9-7-22;;/h3-5,10,13,17H,6-9,11-12,19H2,1-2H3,(H,20,24)(H,21,23);2*1H/t17-;;/m0../s1. The largest absolute Gasteiger partial charge is 0.379 e. The van der Waals surface area contributed by atoms with Gasteiger partial charge in [-0.25, -0.2) is 0 Å². The van der Waals surface area contributed by atoms with Crippen LogP contribution in [0.4, 0.5) is 5.69 Å². The normalized spacial score (nSPS) is 15.3. The molecular weight excluding hydrogens is 391 g/mol. The van der Waals surface area contributed by atoms with Gasteiger partial charge in [-0.1, -0.05) is 26.0 Å². The summed E-state index contributed by atoms with van der Waals surface area (Å²) >= 11 is 0. The number of carbonyl (C=O) groups is 2. The summed E-state index contributed by atoms with van der Waals surface area (Å²) in [6.07, 6.45) is 0. The van der Waals surface area contributed by atoms with Gasteiger partial charge in [0.05, 0.1) is 25.8 Å². The molecule has 1 aromatic rings. The number of hydrogen-bond donors (Lipinski definition) is 3. The highest BCUT2D eigenvalue weighted by molar-refractivity contribution is 5.95. The van der Waals surface area contributed by atoms with E-state index in [1.807, 2.05) is 38.1 Å². The molecule has 1 saturated heterocycles. The zero-order chi connectivity index (χ0) is 18.2. The average molecular weight is 421 g/mol. The molecule has 27 heavy (non-hydrogen) atoms. The Bertz CT molecular complexity index is 596. The molecule has 4 N–H and O–H groups in total. The van der Waals surface area contributed by atoms with Gasteiger partial charge in [0.1, 0.15) is 0 Å². The molecule has 2 amide bonds. The Hall–Kier alpha value is -1.38. The number of carbonyl (C=O) groups excluding carboxylic acids is 2. The maximum absolute atomic E-state index is 12.0. The molecular formula is C18H30Cl2N4O3. The van der Waals surface area contributed by atoms with Gasteiger partial charge in [0, 0.05) is 25.3 Å². The van der Waals surface area contributed by atoms with Crippen molar-refractivity contribution in [3.05, 3.63) is 29.8 Å². The van der Waals surface area contributed by atoms with Crippen molar-refractivity contribution in [2.45, 2.75) is 26.4 Å². The van der Waals surface area contributed by atoms with Crippen molar-refractivity contribution >= 4 is 42.3 Å². The van der Waals surface area contributed by atoms with E-state index < -0.39 is 6.04 Å². The molecule has 1 aromatic carbocycles. The first kappa shape index (κ1) is 25.6. The predicted octanol–water partition coefficient (Wildman–Crippen LogP) is 1.40. The molecule has 0 aliphatic carbocycles. The van der Waals surface area contributed by atoms with Crippen LogP contribution in [0.1, 0.15) is 19.4 Å². The molecule has 0 bridgehead atoms. The van der Waals surface area contributed by atoms with Crippen LogP contribution in [0.2, 0.25) is 0 Å². The Morgan fingerprint density at radius 2 is 1.89 bits per heavy atom. The monoisotopic (exact) mass is 420 g/mol. The van der Waals surface area contributed by atoms with Gasteiger partial charge in [-0.05, 0) is 23.6 Å². The number of nitrogens with zero attached hydrogens (tertiary/aromatic N) is 1. The molecule has 1 heterocycles. The van der Waals surface area contributed by atoms with Crippen LogP contribution in [0.3, 0.4) is 0 Å². The van der Waals surface area contributed by atoms with E-state index in [1.165, 1.54) is 0 Å². The van der Waals surface area contributed by atoms with Crippen LogP contribution in [0, 0.1) is 5.92 Å². The smallest absolute Gasteiger partial charge is 0.243 e. The first-order chi connectivity index (χ1) is 12.0. The maximum atomic E-state index is 12.0. The van der Waals surface area contributed by atoms with Gasteiger partial charge in [-0.3, -0.25) is 14.5 Å². The number of morpholine rings is 1. The fraction of sp³-hybridized carbons (Fsp3) is 0.556. The van der Waals surface area contributed by atoms with Gasteiger partial charge in [-0.15, -0.1) is 24.8 Å². The number of nitrogens with one attached hydrogen (secondary N) is 2. The summed E-state index contributed by atoms with van der Waals surface area (Å²) in [5.41, 5.74) is 7.60. The summed E-state index contributed by atoms with van der Waals surface area (Å²) in [6.45, 7) is 7.81. The van der Waals surface area contributed by atoms with E-state index in [-0.39, 0.29) is 49.1 Å². The Labute approximate surface area is 173 Å². The second kappa shape index (κ2) is 12.9. The topological polar surface area (TPSA) is 96.7 Å². The SMILES string of the molecule is CC(C)[C@H](N)C(=O)NCC(=O)Nc1cccc(CN2CCOCC2)c1.Cl.Cl. The fourth-order valence-corrected chi connectivity index (χ4v) is 2.56. The van der Waals surface area contributed by atoms with Crippen LogP contribution in [0.5, 0.6) is 0 Å². The molecule has 1 atom stereocenters. The molecule has 1 aliphatic rings. The van der Waals surface area contributed by atoms with Gasteiger partial charge in [0.2, 0.25) is 11.8 Å². The van der Waals surface area contributed by atoms with Crippen LogP contribution >= 0.6 is 24.8 Å². The summed E-state index contributed by atoms with van der Waals surface area (Å²) in [6, 6.07) is 7.13. The number of amides is 2. The van der Waals surface area contributed by atoms with Crippen molar-refractivity contribution in [3.8, 4) is 0 Å². The molecule has 1 fully saturated rings. The Kier molecular flexibility index (Phi) is 12.2. The van der Waals surface area contributed by atoms with Crippen molar-refractivity contribution < 1.29 is 14.3 Å². The number of halogens is 2. The van der Waals surface area contributed by atoms with E-state index in [0.717, 1.165) is 44.1 Å². The van der Waals surface area contributed by atoms with E-state index in [9.17, 15) is 9.59 Å². The Morgan fingerprint density at radius 1 is 1.22 bits per heavy atom. The number of ether oxygens (including phenoxy) is 1. The molecule has 1 aliphatic heterocycles. The third-order valence-electron chi connectivity index (χ3n) is 4.16. The summed E-state index contributed by atoms with van der Waals surface area (Å²) in [7, 11) is 0. The minimum absolute atomic E-state index is 0. The number of hydrogen-bond acceptors (Lipinski definition) is 5. The van der Waals surface area contributed by atoms with E-state index in [4.69, 9.17) is 10.5 Å². The van der Waals surface area contributed by atoms with Gasteiger partial charge in [0.25, 0.3) is 0 Å². The summed E-state index contributed by atoms with van der Waals surface area (Å²) in [4.78, 5) is 26.1. The highest BCUT2D eigenvalue weighted by Gasteiger charge is 2.17. The van der Waals surface area contributed by atoms with Gasteiger partial charge in [0.15, 0.2) is 0 Å². The lowest BCUT2D eigenvalue weighted by Gasteiger charge is -2.26. The van der Waals surface area contributed by atoms with Crippen LogP contribution in [0.25, 0.3) is 0 Å². The Balaban J connectivity index is 0.00000338. The van der Waals surface area contributed by atoms with Gasteiger partial charge >= 0.3 is 0 Å². The van der Waals surface area contributed by atoms with Gasteiger partial charge < -0.3 is 21.1 Å². The summed E-state index contributed by atoms with van der Waals surface area (Å²) in [5.74, 6) is -0.557. The van der Waals surface area contributed by atoms with Crippen molar-refractivity contribution in [1.29, 1.82) is 0 Å². The molecule has 154 valence electrons. The van der Waals surface area contributed by atoms with Crippen molar-refractivity contribution in [2.75, 3.05) is 38.2 Å². The second-order valence-corrected chi connectivity index (χ2v) is 6.62. The van der Waals surface area contributed by atoms with Crippen LogP contribution in [-0.4, -0.2) is 55.6 Å². The molecule has 0 unspecified atom stereocenters. The molecule has 9 heteroatoms. The summed E-state index contributed by atoms with van der Waals surface area (Å²) in [5, 5.41) is 5.37. The van der Waals surface area contributed by atoms with E-state index >= 15 is 0 Å². The lowest BCUT2D eigenvalue weighted by molar-refractivity contribution is -0.125. The lowest BCUT2D eigenvalue weighted by atomic mass is 10.1. The van der Waals surface area contributed by atoms with Crippen LogP contribution < -0.4 is 16.4 Å². The van der Waals surface area contributed by atoms with Crippen molar-refractivity contribution in [1.82, 2.24) is 10.2 Å². The molecule has 0 radical (unpaired) electrons. The maximum Gasteiger partial charge on any atom is 0.243 e. The number of rotatable bonds is 7. The first-order valence-electron chi connectivity index (χ1n) is 8.68. The second-order valence-electron chi connectivity index (χ2n) is 6.62. The highest BCUT2D eigenvalue weighted by atomic mass is 35.5. The highest BCUT2D eigenvalue weighted by Crippen LogP contribution is 2.13. The van der Waals surface area contributed by atoms with Crippen molar-refractivity contribution in [3.63, 3.8) is 0 Å². The fourth-order valence-electron chi connectivity index (χ4n) is 2.56. The van der Waals surface area contributed by atoms with E-state index in [1.54, 1.807) is 0 Å². The van der Waals surface area contributed by atoms with Crippen LogP contribution in [0.15, 0.2) is 24.3 Å². The Morgan fingerprint density at radius 3 is 2.52 bits per heavy atom. The molecule has 0 saturated carbocycles. The zero-order valence-electron chi connectivity index (χ0n) is 15.8. The lowest BCUT2D eigenvalue weighted by Crippen LogP contribution is -2.46. The molecule has 0 spiro atoms. The molecule has 2 rings (SSSR count). The predicted molar refractivity (Wildman–Crippen MR) is 111 cm³/mol. The third-order valence-corrected chi connectivity index (χ3v) is 4.16. The quantitative estimate of drug-likeness (QED) is 0.619. The number of benzene rings is 1. The minimum Gasteiger partial charge on any atom is -0.379 e. The molecule has 0 aromatic heterocycles. The summed E-state index contributed by atoms with van der Waals surface area (Å²) < 4.78 is 5.35. The average Bonchev–Trinajstić information content (AvgIpc) is 2.60. The first-order valence-corrected chi connectivity index (χ1v) is 8.68. The van der Waals surface area contributed by atoms with Crippen LogP contribution in [-0.2, 0) is 20.9 Å². The van der Waals surface area contributed by atoms with Crippen molar-refractivity contribution in [2.24, 2.45) is 11.7 Å². The third kappa shape index (κ3) is 8.90. The zero-order valence-corrected chi connectivity index (χ0v) is 17.4. The van der Waals surface area contributed by atoms with E-state index in [0.29, 0.717) is 0 Å². The molecule has 7 nitrogen and oxygen atoms in total. The number of nitrogens with two attached hydrogens (primary N) is 1. The van der Waals surface area contributed by atoms with E-state index in [2.05, 4.69) is 15.5 Å². The van der Waals surface area contributed by atoms with Gasteiger partial charge in [-0.2, -0.15) is 0 Å².